The highest BCUT2D eigenvalue weighted by Gasteiger charge is 2.29. The third-order valence-corrected chi connectivity index (χ3v) is 4.93. The molecule has 0 fully saturated rings. The predicted octanol–water partition coefficient (Wildman–Crippen LogP) is 4.71. The molecule has 8 heteroatoms. The van der Waals surface area contributed by atoms with Gasteiger partial charge in [0.15, 0.2) is 6.61 Å². The molecule has 1 unspecified atom stereocenters. The number of ether oxygens (including phenoxy) is 2. The van der Waals surface area contributed by atoms with E-state index in [-0.39, 0.29) is 25.0 Å². The number of hydrogen-bond donors (Lipinski definition) is 1. The summed E-state index contributed by atoms with van der Waals surface area (Å²) in [6.07, 6.45) is 0. The van der Waals surface area contributed by atoms with Gasteiger partial charge in [0.05, 0.1) is 12.1 Å². The number of hydrogen-bond acceptors (Lipinski definition) is 4. The number of carbonyl (C=O) groups is 2. The second kappa shape index (κ2) is 10.7. The standard InChI is InChI=1S/C23H28Cl2N2O4/c1-15(22(29)26-23(2,3)4)27(13-16-7-6-8-18(11-16)30-5)21(28)14-31-20-10-9-17(24)12-19(20)25/h6-12,15H,13-14H2,1-5H3,(H,26,29). The van der Waals surface area contributed by atoms with E-state index in [9.17, 15) is 9.59 Å². The molecule has 0 aliphatic rings. The van der Waals surface area contributed by atoms with Crippen molar-refractivity contribution < 1.29 is 19.1 Å². The van der Waals surface area contributed by atoms with Crippen LogP contribution < -0.4 is 14.8 Å². The third-order valence-electron chi connectivity index (χ3n) is 4.40. The third kappa shape index (κ3) is 7.64. The van der Waals surface area contributed by atoms with Crippen molar-refractivity contribution in [1.82, 2.24) is 10.2 Å². The van der Waals surface area contributed by atoms with E-state index in [1.165, 1.54) is 11.0 Å². The van der Waals surface area contributed by atoms with Crippen molar-refractivity contribution in [3.63, 3.8) is 0 Å². The fourth-order valence-corrected chi connectivity index (χ4v) is 3.30. The second-order valence-electron chi connectivity index (χ2n) is 8.15. The Hall–Kier alpha value is -2.44. The first kappa shape index (κ1) is 24.8. The zero-order valence-corrected chi connectivity index (χ0v) is 19.9. The fraction of sp³-hybridized carbons (Fsp3) is 0.391. The number of rotatable bonds is 8. The minimum Gasteiger partial charge on any atom is -0.497 e. The Balaban J connectivity index is 2.22. The Morgan fingerprint density at radius 1 is 1.13 bits per heavy atom. The molecule has 1 atom stereocenters. The van der Waals surface area contributed by atoms with Gasteiger partial charge in [-0.15, -0.1) is 0 Å². The van der Waals surface area contributed by atoms with Crippen molar-refractivity contribution in [3.8, 4) is 11.5 Å². The summed E-state index contributed by atoms with van der Waals surface area (Å²) in [5, 5.41) is 3.69. The van der Waals surface area contributed by atoms with Crippen LogP contribution in [-0.4, -0.2) is 42.0 Å². The quantitative estimate of drug-likeness (QED) is 0.611. The number of carbonyl (C=O) groups excluding carboxylic acids is 2. The van der Waals surface area contributed by atoms with Crippen molar-refractivity contribution in [2.24, 2.45) is 0 Å². The normalized spacial score (nSPS) is 12.1. The zero-order valence-electron chi connectivity index (χ0n) is 18.4. The minimum absolute atomic E-state index is 0.215. The highest BCUT2D eigenvalue weighted by molar-refractivity contribution is 6.35. The largest absolute Gasteiger partial charge is 0.497 e. The highest BCUT2D eigenvalue weighted by Crippen LogP contribution is 2.27. The summed E-state index contributed by atoms with van der Waals surface area (Å²) in [6.45, 7) is 7.28. The molecule has 6 nitrogen and oxygen atoms in total. The lowest BCUT2D eigenvalue weighted by Crippen LogP contribution is -2.53. The molecular formula is C23H28Cl2N2O4. The van der Waals surface area contributed by atoms with Crippen molar-refractivity contribution in [2.75, 3.05) is 13.7 Å². The van der Waals surface area contributed by atoms with E-state index in [4.69, 9.17) is 32.7 Å². The molecule has 2 amide bonds. The van der Waals surface area contributed by atoms with Crippen LogP contribution in [-0.2, 0) is 16.1 Å². The number of amides is 2. The first-order valence-electron chi connectivity index (χ1n) is 9.82. The molecule has 0 aliphatic carbocycles. The molecule has 168 valence electrons. The van der Waals surface area contributed by atoms with Crippen LogP contribution in [0, 0.1) is 0 Å². The monoisotopic (exact) mass is 466 g/mol. The van der Waals surface area contributed by atoms with Gasteiger partial charge in [0.25, 0.3) is 5.91 Å². The van der Waals surface area contributed by atoms with Gasteiger partial charge in [-0.3, -0.25) is 9.59 Å². The van der Waals surface area contributed by atoms with E-state index in [2.05, 4.69) is 5.32 Å². The number of benzene rings is 2. The van der Waals surface area contributed by atoms with Crippen molar-refractivity contribution in [2.45, 2.75) is 45.8 Å². The summed E-state index contributed by atoms with van der Waals surface area (Å²) in [7, 11) is 1.57. The maximum atomic E-state index is 13.1. The molecule has 2 rings (SSSR count). The molecule has 0 aromatic heterocycles. The van der Waals surface area contributed by atoms with E-state index in [0.717, 1.165) is 5.56 Å². The number of methoxy groups -OCH3 is 1. The van der Waals surface area contributed by atoms with Crippen LogP contribution in [0.5, 0.6) is 11.5 Å². The van der Waals surface area contributed by atoms with Gasteiger partial charge >= 0.3 is 0 Å². The first-order chi connectivity index (χ1) is 14.5. The van der Waals surface area contributed by atoms with Gasteiger partial charge in [-0.25, -0.2) is 0 Å². The van der Waals surface area contributed by atoms with E-state index >= 15 is 0 Å². The summed E-state index contributed by atoms with van der Waals surface area (Å²) in [4.78, 5) is 27.3. The van der Waals surface area contributed by atoms with Crippen LogP contribution in [0.15, 0.2) is 42.5 Å². The van der Waals surface area contributed by atoms with Gasteiger partial charge in [-0.2, -0.15) is 0 Å². The molecule has 0 bridgehead atoms. The summed E-state index contributed by atoms with van der Waals surface area (Å²) in [5.74, 6) is 0.395. The summed E-state index contributed by atoms with van der Waals surface area (Å²) in [6, 6.07) is 11.4. The Morgan fingerprint density at radius 3 is 2.45 bits per heavy atom. The van der Waals surface area contributed by atoms with E-state index in [0.29, 0.717) is 21.5 Å². The maximum Gasteiger partial charge on any atom is 0.261 e. The number of nitrogens with one attached hydrogen (secondary N) is 1. The van der Waals surface area contributed by atoms with Crippen molar-refractivity contribution >= 4 is 35.0 Å². The van der Waals surface area contributed by atoms with Gasteiger partial charge in [-0.05, 0) is 63.6 Å². The fourth-order valence-electron chi connectivity index (χ4n) is 2.84. The van der Waals surface area contributed by atoms with Crippen molar-refractivity contribution in [1.29, 1.82) is 0 Å². The molecule has 31 heavy (non-hydrogen) atoms. The van der Waals surface area contributed by atoms with E-state index < -0.39 is 11.6 Å². The molecule has 0 aliphatic heterocycles. The molecule has 0 spiro atoms. The Kier molecular flexibility index (Phi) is 8.60. The lowest BCUT2D eigenvalue weighted by Gasteiger charge is -2.31. The number of nitrogens with zero attached hydrogens (tertiary/aromatic N) is 1. The summed E-state index contributed by atoms with van der Waals surface area (Å²) >= 11 is 12.0. The van der Waals surface area contributed by atoms with Gasteiger partial charge in [-0.1, -0.05) is 35.3 Å². The molecule has 0 saturated carbocycles. The van der Waals surface area contributed by atoms with Gasteiger partial charge in [0, 0.05) is 17.1 Å². The second-order valence-corrected chi connectivity index (χ2v) is 9.00. The van der Waals surface area contributed by atoms with Crippen LogP contribution >= 0.6 is 23.2 Å². The predicted molar refractivity (Wildman–Crippen MR) is 123 cm³/mol. The molecule has 2 aromatic rings. The summed E-state index contributed by atoms with van der Waals surface area (Å²) < 4.78 is 10.9. The van der Waals surface area contributed by atoms with Gasteiger partial charge in [0.2, 0.25) is 5.91 Å². The Bertz CT molecular complexity index is 928. The highest BCUT2D eigenvalue weighted by atomic mass is 35.5. The SMILES string of the molecule is COc1cccc(CN(C(=O)COc2ccc(Cl)cc2Cl)C(C)C(=O)NC(C)(C)C)c1. The van der Waals surface area contributed by atoms with Crippen LogP contribution in [0.4, 0.5) is 0 Å². The van der Waals surface area contributed by atoms with E-state index in [1.807, 2.05) is 45.0 Å². The van der Waals surface area contributed by atoms with Crippen LogP contribution in [0.25, 0.3) is 0 Å². The molecule has 0 saturated heterocycles. The first-order valence-corrected chi connectivity index (χ1v) is 10.6. The topological polar surface area (TPSA) is 67.9 Å². The lowest BCUT2D eigenvalue weighted by atomic mass is 10.1. The zero-order chi connectivity index (χ0) is 23.2. The van der Waals surface area contributed by atoms with Crippen molar-refractivity contribution in [3.05, 3.63) is 58.1 Å². The smallest absolute Gasteiger partial charge is 0.261 e. The van der Waals surface area contributed by atoms with Crippen LogP contribution in [0.2, 0.25) is 10.0 Å². The van der Waals surface area contributed by atoms with Gasteiger partial charge in [0.1, 0.15) is 17.5 Å². The van der Waals surface area contributed by atoms with Crippen LogP contribution in [0.3, 0.4) is 0 Å². The minimum atomic E-state index is -0.720. The maximum absolute atomic E-state index is 13.1. The summed E-state index contributed by atoms with van der Waals surface area (Å²) in [5.41, 5.74) is 0.399. The van der Waals surface area contributed by atoms with Crippen LogP contribution in [0.1, 0.15) is 33.3 Å². The number of halogens is 2. The molecule has 1 N–H and O–H groups in total. The molecular weight excluding hydrogens is 439 g/mol. The molecule has 0 radical (unpaired) electrons. The Morgan fingerprint density at radius 2 is 1.84 bits per heavy atom. The Labute approximate surface area is 193 Å². The average Bonchev–Trinajstić information content (AvgIpc) is 2.69. The van der Waals surface area contributed by atoms with Gasteiger partial charge < -0.3 is 19.7 Å². The lowest BCUT2D eigenvalue weighted by molar-refractivity contribution is -0.142. The van der Waals surface area contributed by atoms with E-state index in [1.54, 1.807) is 26.2 Å². The molecule has 2 aromatic carbocycles. The molecule has 0 heterocycles. The average molecular weight is 467 g/mol.